The van der Waals surface area contributed by atoms with Crippen LogP contribution in [0.4, 0.5) is 8.78 Å². The summed E-state index contributed by atoms with van der Waals surface area (Å²) in [5.41, 5.74) is 0. The van der Waals surface area contributed by atoms with Crippen molar-refractivity contribution in [2.45, 2.75) is 50.6 Å². The number of ether oxygens (including phenoxy) is 2. The van der Waals surface area contributed by atoms with E-state index in [2.05, 4.69) is 6.58 Å². The maximum absolute atomic E-state index is 13.2. The predicted octanol–water partition coefficient (Wildman–Crippen LogP) is 2.10. The Kier molecular flexibility index (Phi) is 4.04. The van der Waals surface area contributed by atoms with Gasteiger partial charge in [0.2, 0.25) is 0 Å². The lowest BCUT2D eigenvalue weighted by atomic mass is 10.1. The maximum Gasteiger partial charge on any atom is 0.294 e. The molecule has 2 atom stereocenters. The average Bonchev–Trinajstić information content (AvgIpc) is 2.73. The molecule has 1 fully saturated rings. The molecule has 1 aliphatic rings. The summed E-state index contributed by atoms with van der Waals surface area (Å²) in [7, 11) is 0. The molecule has 1 heterocycles. The van der Waals surface area contributed by atoms with Crippen molar-refractivity contribution in [2.24, 2.45) is 0 Å². The zero-order chi connectivity index (χ0) is 12.4. The number of aliphatic hydroxyl groups excluding tert-OH is 1. The Morgan fingerprint density at radius 2 is 2.12 bits per heavy atom. The van der Waals surface area contributed by atoms with Gasteiger partial charge in [-0.1, -0.05) is 20.4 Å². The summed E-state index contributed by atoms with van der Waals surface area (Å²) in [6, 6.07) is 0. The van der Waals surface area contributed by atoms with E-state index in [1.165, 1.54) is 0 Å². The molecular formula is C11H18F2O3. The molecule has 0 bridgehead atoms. The molecule has 0 aromatic rings. The second-order valence-corrected chi connectivity index (χ2v) is 3.91. The molecule has 5 heteroatoms. The fourth-order valence-corrected chi connectivity index (χ4v) is 1.72. The molecule has 0 spiro atoms. The Hall–Kier alpha value is -0.520. The Morgan fingerprint density at radius 3 is 2.50 bits per heavy atom. The summed E-state index contributed by atoms with van der Waals surface area (Å²) in [6.45, 7) is 6.68. The molecule has 1 aliphatic heterocycles. The molecule has 3 nitrogen and oxygen atoms in total. The number of aliphatic hydroxyl groups is 1. The summed E-state index contributed by atoms with van der Waals surface area (Å²) >= 11 is 0. The lowest BCUT2D eigenvalue weighted by molar-refractivity contribution is -0.198. The van der Waals surface area contributed by atoms with Gasteiger partial charge in [-0.05, 0) is 18.9 Å². The van der Waals surface area contributed by atoms with Crippen LogP contribution < -0.4 is 0 Å². The quantitative estimate of drug-likeness (QED) is 0.743. The van der Waals surface area contributed by atoms with Crippen molar-refractivity contribution in [3.63, 3.8) is 0 Å². The molecule has 0 saturated carbocycles. The van der Waals surface area contributed by atoms with E-state index in [0.29, 0.717) is 18.9 Å². The summed E-state index contributed by atoms with van der Waals surface area (Å²) in [5, 5.41) is 9.47. The molecule has 94 valence electrons. The highest BCUT2D eigenvalue weighted by atomic mass is 19.3. The van der Waals surface area contributed by atoms with Crippen molar-refractivity contribution in [3.05, 3.63) is 12.7 Å². The summed E-state index contributed by atoms with van der Waals surface area (Å²) in [6.07, 6.45) is -1.37. The molecule has 0 unspecified atom stereocenters. The van der Waals surface area contributed by atoms with Crippen LogP contribution in [0.25, 0.3) is 0 Å². The van der Waals surface area contributed by atoms with E-state index < -0.39 is 23.9 Å². The third-order valence-electron chi connectivity index (χ3n) is 2.97. The lowest BCUT2D eigenvalue weighted by Crippen LogP contribution is -2.43. The highest BCUT2D eigenvalue weighted by molar-refractivity contribution is 4.98. The molecule has 0 aliphatic carbocycles. The van der Waals surface area contributed by atoms with Crippen LogP contribution in [-0.2, 0) is 9.47 Å². The highest BCUT2D eigenvalue weighted by Gasteiger charge is 2.48. The topological polar surface area (TPSA) is 38.7 Å². The van der Waals surface area contributed by atoms with Crippen molar-refractivity contribution in [1.29, 1.82) is 0 Å². The van der Waals surface area contributed by atoms with E-state index >= 15 is 0 Å². The third kappa shape index (κ3) is 2.42. The molecular weight excluding hydrogens is 218 g/mol. The van der Waals surface area contributed by atoms with E-state index in [9.17, 15) is 13.9 Å². The van der Waals surface area contributed by atoms with Crippen molar-refractivity contribution in [2.75, 3.05) is 6.61 Å². The number of rotatable bonds is 5. The van der Waals surface area contributed by atoms with Gasteiger partial charge in [0.05, 0.1) is 6.61 Å². The molecule has 1 saturated heterocycles. The van der Waals surface area contributed by atoms with Crippen LogP contribution in [0.15, 0.2) is 12.7 Å². The van der Waals surface area contributed by atoms with E-state index in [1.54, 1.807) is 0 Å². The molecule has 16 heavy (non-hydrogen) atoms. The maximum atomic E-state index is 13.2. The highest BCUT2D eigenvalue weighted by Crippen LogP contribution is 2.35. The van der Waals surface area contributed by atoms with Crippen LogP contribution in [0, 0.1) is 0 Å². The van der Waals surface area contributed by atoms with Gasteiger partial charge in [-0.3, -0.25) is 0 Å². The van der Waals surface area contributed by atoms with E-state index in [1.807, 2.05) is 13.8 Å². The Labute approximate surface area is 94.0 Å². The zero-order valence-corrected chi connectivity index (χ0v) is 9.58. The van der Waals surface area contributed by atoms with E-state index in [4.69, 9.17) is 9.47 Å². The smallest absolute Gasteiger partial charge is 0.294 e. The number of halogens is 2. The zero-order valence-electron chi connectivity index (χ0n) is 9.58. The van der Waals surface area contributed by atoms with Gasteiger partial charge in [-0.2, -0.15) is 8.78 Å². The minimum Gasteiger partial charge on any atom is -0.384 e. The normalized spacial score (nSPS) is 26.7. The van der Waals surface area contributed by atoms with Crippen molar-refractivity contribution in [3.8, 4) is 0 Å². The average molecular weight is 236 g/mol. The minimum atomic E-state index is -3.36. The van der Waals surface area contributed by atoms with Crippen molar-refractivity contribution >= 4 is 0 Å². The second-order valence-electron chi connectivity index (χ2n) is 3.91. The molecule has 1 N–H and O–H groups in total. The van der Waals surface area contributed by atoms with Gasteiger partial charge in [-0.15, -0.1) is 0 Å². The first-order chi connectivity index (χ1) is 7.40. The third-order valence-corrected chi connectivity index (χ3v) is 2.97. The molecule has 0 aromatic heterocycles. The van der Waals surface area contributed by atoms with Crippen LogP contribution in [0.3, 0.4) is 0 Å². The van der Waals surface area contributed by atoms with Gasteiger partial charge >= 0.3 is 0 Å². The standard InChI is InChI=1S/C11H18F2O3/c1-4-10(5-2)15-7-8(16-10)9(14)11(12,13)6-3/h6,8-9,14H,3-5,7H2,1-2H3/t8-,9+/m1/s1. The Bertz CT molecular complexity index is 252. The fraction of sp³-hybridized carbons (Fsp3) is 0.818. The van der Waals surface area contributed by atoms with Gasteiger partial charge in [0.15, 0.2) is 5.79 Å². The SMILES string of the molecule is C=CC(F)(F)[C@@H](O)[C@H]1COC(CC)(CC)O1. The predicted molar refractivity (Wildman–Crippen MR) is 55.3 cm³/mol. The first kappa shape index (κ1) is 13.5. The van der Waals surface area contributed by atoms with Gasteiger partial charge in [-0.25, -0.2) is 0 Å². The molecule has 0 amide bonds. The minimum absolute atomic E-state index is 0.0216. The first-order valence-corrected chi connectivity index (χ1v) is 5.42. The van der Waals surface area contributed by atoms with Gasteiger partial charge in [0, 0.05) is 0 Å². The lowest BCUT2D eigenvalue weighted by Gasteiger charge is -2.27. The largest absolute Gasteiger partial charge is 0.384 e. The van der Waals surface area contributed by atoms with E-state index in [-0.39, 0.29) is 6.61 Å². The fourth-order valence-electron chi connectivity index (χ4n) is 1.72. The van der Waals surface area contributed by atoms with Crippen LogP contribution in [0.2, 0.25) is 0 Å². The van der Waals surface area contributed by atoms with Crippen LogP contribution in [0.5, 0.6) is 0 Å². The van der Waals surface area contributed by atoms with Crippen LogP contribution in [-0.4, -0.2) is 35.6 Å². The number of alkyl halides is 2. The van der Waals surface area contributed by atoms with Crippen LogP contribution in [0.1, 0.15) is 26.7 Å². The second kappa shape index (κ2) is 4.77. The monoisotopic (exact) mass is 236 g/mol. The Balaban J connectivity index is 2.69. The molecule has 1 rings (SSSR count). The van der Waals surface area contributed by atoms with Crippen LogP contribution >= 0.6 is 0 Å². The van der Waals surface area contributed by atoms with Gasteiger partial charge in [0.1, 0.15) is 12.2 Å². The summed E-state index contributed by atoms with van der Waals surface area (Å²) in [4.78, 5) is 0. The van der Waals surface area contributed by atoms with Gasteiger partial charge in [0.25, 0.3) is 5.92 Å². The van der Waals surface area contributed by atoms with Crippen molar-refractivity contribution < 1.29 is 23.4 Å². The molecule has 0 radical (unpaired) electrons. The Morgan fingerprint density at radius 1 is 1.56 bits per heavy atom. The molecule has 0 aromatic carbocycles. The van der Waals surface area contributed by atoms with E-state index in [0.717, 1.165) is 0 Å². The number of hydrogen-bond donors (Lipinski definition) is 1. The summed E-state index contributed by atoms with van der Waals surface area (Å²) in [5.74, 6) is -4.19. The van der Waals surface area contributed by atoms with Crippen molar-refractivity contribution in [1.82, 2.24) is 0 Å². The summed E-state index contributed by atoms with van der Waals surface area (Å²) < 4.78 is 37.1. The first-order valence-electron chi connectivity index (χ1n) is 5.42. The number of hydrogen-bond acceptors (Lipinski definition) is 3. The van der Waals surface area contributed by atoms with Gasteiger partial charge < -0.3 is 14.6 Å².